The number of anilines is 1. The van der Waals surface area contributed by atoms with Gasteiger partial charge in [0.1, 0.15) is 0 Å². The van der Waals surface area contributed by atoms with Crippen LogP contribution in [0.15, 0.2) is 47.5 Å². The number of ether oxygens (including phenoxy) is 3. The maximum absolute atomic E-state index is 14.0. The van der Waals surface area contributed by atoms with E-state index in [1.54, 1.807) is 12.1 Å². The minimum absolute atomic E-state index is 0.0222. The number of carbonyl (C=O) groups excluding carboxylic acids is 1. The van der Waals surface area contributed by atoms with Crippen LogP contribution < -0.4 is 18.5 Å². The van der Waals surface area contributed by atoms with Crippen LogP contribution in [0.5, 0.6) is 17.2 Å². The van der Waals surface area contributed by atoms with Gasteiger partial charge in [0.05, 0.1) is 38.0 Å². The van der Waals surface area contributed by atoms with Crippen LogP contribution in [0.4, 0.5) is 5.69 Å². The molecule has 1 saturated heterocycles. The number of hydrogen-bond donors (Lipinski definition) is 0. The van der Waals surface area contributed by atoms with Gasteiger partial charge in [-0.2, -0.15) is 0 Å². The summed E-state index contributed by atoms with van der Waals surface area (Å²) >= 11 is 0. The van der Waals surface area contributed by atoms with E-state index in [2.05, 4.69) is 0 Å². The highest BCUT2D eigenvalue weighted by atomic mass is 32.2. The predicted molar refractivity (Wildman–Crippen MR) is 129 cm³/mol. The predicted octanol–water partition coefficient (Wildman–Crippen LogP) is 3.02. The molecule has 1 atom stereocenters. The molecule has 10 heteroatoms. The Balaban J connectivity index is 1.91. The Bertz CT molecular complexity index is 1310. The van der Waals surface area contributed by atoms with E-state index >= 15 is 0 Å². The van der Waals surface area contributed by atoms with Crippen LogP contribution in [0.3, 0.4) is 0 Å². The van der Waals surface area contributed by atoms with Crippen molar-refractivity contribution in [3.8, 4) is 17.2 Å². The molecule has 9 nitrogen and oxygen atoms in total. The summed E-state index contributed by atoms with van der Waals surface area (Å²) in [6.07, 6.45) is 3.24. The number of nitrogens with zero attached hydrogens (tertiary/aromatic N) is 3. The average molecular weight is 488 g/mol. The smallest absolute Gasteiger partial charge is 0.270 e. The molecular weight excluding hydrogens is 458 g/mol. The van der Waals surface area contributed by atoms with Crippen molar-refractivity contribution in [2.75, 3.05) is 39.2 Å². The summed E-state index contributed by atoms with van der Waals surface area (Å²) in [7, 11) is 3.78. The van der Waals surface area contributed by atoms with Crippen LogP contribution in [0.2, 0.25) is 0 Å². The molecule has 2 aromatic carbocycles. The van der Waals surface area contributed by atoms with E-state index in [1.807, 2.05) is 35.8 Å². The van der Waals surface area contributed by atoms with Crippen LogP contribution in [0, 0.1) is 0 Å². The lowest BCUT2D eigenvalue weighted by atomic mass is 10.2. The zero-order chi connectivity index (χ0) is 24.6. The molecule has 0 aliphatic carbocycles. The molecule has 0 bridgehead atoms. The largest absolute Gasteiger partial charge is 0.493 e. The van der Waals surface area contributed by atoms with Gasteiger partial charge in [0.15, 0.2) is 11.5 Å². The molecular formula is C24H29N3O6S. The summed E-state index contributed by atoms with van der Waals surface area (Å²) in [6.45, 7) is 0.718. The van der Waals surface area contributed by atoms with E-state index < -0.39 is 22.0 Å². The molecule has 1 fully saturated rings. The maximum Gasteiger partial charge on any atom is 0.270 e. The second-order valence-electron chi connectivity index (χ2n) is 8.28. The molecule has 0 spiro atoms. The van der Waals surface area contributed by atoms with Crippen molar-refractivity contribution in [3.05, 3.63) is 42.6 Å². The summed E-state index contributed by atoms with van der Waals surface area (Å²) < 4.78 is 47.0. The number of fused-ring (bicyclic) bond motifs is 1. The fourth-order valence-electron chi connectivity index (χ4n) is 4.45. The van der Waals surface area contributed by atoms with Crippen molar-refractivity contribution in [1.82, 2.24) is 9.47 Å². The van der Waals surface area contributed by atoms with Gasteiger partial charge in [0, 0.05) is 36.3 Å². The van der Waals surface area contributed by atoms with Gasteiger partial charge >= 0.3 is 0 Å². The Morgan fingerprint density at radius 1 is 1.00 bits per heavy atom. The number of likely N-dealkylation sites (N-methyl/N-ethyl adjacent to an activating group) is 1. The van der Waals surface area contributed by atoms with Gasteiger partial charge in [-0.3, -0.25) is 9.69 Å². The third-order valence-electron chi connectivity index (χ3n) is 6.28. The number of carbonyl (C=O) groups is 1. The molecule has 0 unspecified atom stereocenters. The van der Waals surface area contributed by atoms with Gasteiger partial charge in [-0.05, 0) is 50.7 Å². The number of hydrogen-bond acceptors (Lipinski definition) is 7. The van der Waals surface area contributed by atoms with Crippen molar-refractivity contribution in [2.45, 2.75) is 23.8 Å². The third-order valence-corrected chi connectivity index (χ3v) is 8.01. The van der Waals surface area contributed by atoms with Crippen LogP contribution in [-0.4, -0.2) is 64.8 Å². The lowest BCUT2D eigenvalue weighted by Crippen LogP contribution is -2.47. The lowest BCUT2D eigenvalue weighted by Gasteiger charge is -2.29. The third kappa shape index (κ3) is 3.97. The number of likely N-dealkylation sites (tertiary alicyclic amines) is 1. The van der Waals surface area contributed by atoms with Crippen LogP contribution in [0.1, 0.15) is 12.8 Å². The van der Waals surface area contributed by atoms with Crippen LogP contribution in [0.25, 0.3) is 10.9 Å². The summed E-state index contributed by atoms with van der Waals surface area (Å²) in [5, 5.41) is 0.763. The zero-order valence-corrected chi connectivity index (χ0v) is 20.8. The Labute approximate surface area is 199 Å². The summed E-state index contributed by atoms with van der Waals surface area (Å²) in [5.74, 6) is 0.288. The molecule has 182 valence electrons. The van der Waals surface area contributed by atoms with E-state index in [9.17, 15) is 13.2 Å². The molecule has 0 saturated carbocycles. The number of sulfonamides is 1. The first kappa shape index (κ1) is 23.9. The lowest BCUT2D eigenvalue weighted by molar-refractivity contribution is -0.121. The molecule has 1 aromatic heterocycles. The monoisotopic (exact) mass is 487 g/mol. The number of methoxy groups -OCH3 is 3. The Kier molecular flexibility index (Phi) is 6.46. The second-order valence-corrected chi connectivity index (χ2v) is 10.1. The van der Waals surface area contributed by atoms with Gasteiger partial charge in [-0.25, -0.2) is 12.7 Å². The number of aromatic nitrogens is 1. The Hall–Kier alpha value is -3.24. The van der Waals surface area contributed by atoms with Gasteiger partial charge < -0.3 is 18.8 Å². The first-order valence-electron chi connectivity index (χ1n) is 10.9. The van der Waals surface area contributed by atoms with E-state index in [0.29, 0.717) is 12.2 Å². The minimum atomic E-state index is -4.27. The van der Waals surface area contributed by atoms with E-state index in [-0.39, 0.29) is 22.1 Å². The maximum atomic E-state index is 14.0. The Morgan fingerprint density at radius 3 is 2.24 bits per heavy atom. The molecule has 1 amide bonds. The van der Waals surface area contributed by atoms with E-state index in [1.165, 1.54) is 39.5 Å². The van der Waals surface area contributed by atoms with Gasteiger partial charge in [0.25, 0.3) is 15.9 Å². The van der Waals surface area contributed by atoms with E-state index in [4.69, 9.17) is 14.2 Å². The van der Waals surface area contributed by atoms with Crippen LogP contribution in [-0.2, 0) is 21.9 Å². The fraction of sp³-hybridized carbons (Fsp3) is 0.375. The number of amides is 1. The molecule has 0 N–H and O–H groups in total. The van der Waals surface area contributed by atoms with Gasteiger partial charge in [-0.15, -0.1) is 0 Å². The highest BCUT2D eigenvalue weighted by molar-refractivity contribution is 7.93. The first-order chi connectivity index (χ1) is 16.2. The van der Waals surface area contributed by atoms with Crippen LogP contribution >= 0.6 is 0 Å². The number of aryl methyl sites for hydroxylation is 1. The van der Waals surface area contributed by atoms with Crippen molar-refractivity contribution in [3.63, 3.8) is 0 Å². The molecule has 3 aromatic rings. The highest BCUT2D eigenvalue weighted by Crippen LogP contribution is 2.42. The topological polar surface area (TPSA) is 90.3 Å². The molecule has 2 heterocycles. The number of benzene rings is 2. The Morgan fingerprint density at radius 2 is 1.68 bits per heavy atom. The molecule has 1 aliphatic rings. The zero-order valence-electron chi connectivity index (χ0n) is 19.9. The van der Waals surface area contributed by atoms with Crippen molar-refractivity contribution < 1.29 is 27.4 Å². The molecule has 34 heavy (non-hydrogen) atoms. The summed E-state index contributed by atoms with van der Waals surface area (Å²) in [6, 6.07) is 9.08. The number of rotatable bonds is 7. The van der Waals surface area contributed by atoms with E-state index in [0.717, 1.165) is 28.2 Å². The molecule has 1 aliphatic heterocycles. The first-order valence-corrected chi connectivity index (χ1v) is 12.3. The SMILES string of the molecule is COc1cc(N(C(=O)[C@@H]2CCCN2C)S(=O)(=O)c2ccc3c(ccn3C)c2)cc(OC)c1OC. The minimum Gasteiger partial charge on any atom is -0.493 e. The average Bonchev–Trinajstić information content (AvgIpc) is 3.43. The molecule has 4 rings (SSSR count). The van der Waals surface area contributed by atoms with Crippen molar-refractivity contribution >= 4 is 32.5 Å². The quantitative estimate of drug-likeness (QED) is 0.506. The molecule has 0 radical (unpaired) electrons. The standard InChI is InChI=1S/C24H29N3O6S/c1-25-11-6-7-20(25)24(28)27(17-14-21(31-3)23(33-5)22(15-17)32-4)34(29,30)18-8-9-19-16(13-18)10-12-26(19)2/h8-10,12-15,20H,6-7,11H2,1-5H3/t20-/m0/s1. The summed E-state index contributed by atoms with van der Waals surface area (Å²) in [4.78, 5) is 15.7. The van der Waals surface area contributed by atoms with Gasteiger partial charge in [-0.1, -0.05) is 0 Å². The second kappa shape index (κ2) is 9.19. The van der Waals surface area contributed by atoms with Crippen molar-refractivity contribution in [1.29, 1.82) is 0 Å². The fourth-order valence-corrected chi connectivity index (χ4v) is 5.92. The van der Waals surface area contributed by atoms with Gasteiger partial charge in [0.2, 0.25) is 5.75 Å². The normalized spacial score (nSPS) is 16.6. The summed E-state index contributed by atoms with van der Waals surface area (Å²) in [5.41, 5.74) is 1.01. The highest BCUT2D eigenvalue weighted by Gasteiger charge is 2.39. The van der Waals surface area contributed by atoms with Crippen molar-refractivity contribution in [2.24, 2.45) is 7.05 Å².